The van der Waals surface area contributed by atoms with Crippen LogP contribution in [0.2, 0.25) is 0 Å². The number of aromatic nitrogens is 2. The summed E-state index contributed by atoms with van der Waals surface area (Å²) in [6.45, 7) is 6.02. The molecule has 0 radical (unpaired) electrons. The maximum Gasteiger partial charge on any atom is 0.338 e. The second kappa shape index (κ2) is 8.77. The first-order valence-corrected chi connectivity index (χ1v) is 10.9. The Morgan fingerprint density at radius 3 is 2.52 bits per heavy atom. The van der Waals surface area contributed by atoms with E-state index in [-0.39, 0.29) is 23.4 Å². The highest BCUT2D eigenvalue weighted by Crippen LogP contribution is 2.50. The zero-order valence-corrected chi connectivity index (χ0v) is 18.7. The van der Waals surface area contributed by atoms with E-state index in [2.05, 4.69) is 10.4 Å². The van der Waals surface area contributed by atoms with Crippen molar-refractivity contribution in [1.82, 2.24) is 9.78 Å². The minimum absolute atomic E-state index is 0.0193. The van der Waals surface area contributed by atoms with Crippen molar-refractivity contribution < 1.29 is 23.1 Å². The third kappa shape index (κ3) is 4.25. The highest BCUT2D eigenvalue weighted by atomic mass is 19.1. The number of aryl methyl sites for hydroxylation is 2. The van der Waals surface area contributed by atoms with E-state index in [0.717, 1.165) is 11.6 Å². The fourth-order valence-electron chi connectivity index (χ4n) is 4.01. The normalized spacial score (nSPS) is 14.1. The molecule has 0 atom stereocenters. The molecular weight excluding hydrogens is 428 g/mol. The molecular formula is C25H25F2N3O3. The van der Waals surface area contributed by atoms with Gasteiger partial charge in [0.15, 0.2) is 0 Å². The standard InChI is InChI=1S/C25H25F2N3O3/c1-4-30-14-16(13-28-30)22-18(23(31)33-5-2)11-17(12-21(22)27)29-24(32)25(8-9-25)19-7-6-15(3)10-20(19)26/h6-7,10-14H,4-5,8-9H2,1-3H3,(H,29,32). The first-order chi connectivity index (χ1) is 15.8. The fourth-order valence-corrected chi connectivity index (χ4v) is 4.01. The summed E-state index contributed by atoms with van der Waals surface area (Å²) in [6, 6.07) is 7.32. The summed E-state index contributed by atoms with van der Waals surface area (Å²) in [6.07, 6.45) is 4.08. The highest BCUT2D eigenvalue weighted by molar-refractivity contribution is 6.04. The average Bonchev–Trinajstić information content (AvgIpc) is 3.44. The van der Waals surface area contributed by atoms with Crippen molar-refractivity contribution in [3.63, 3.8) is 0 Å². The van der Waals surface area contributed by atoms with Gasteiger partial charge in [-0.2, -0.15) is 5.10 Å². The van der Waals surface area contributed by atoms with Gasteiger partial charge in [-0.05, 0) is 57.4 Å². The van der Waals surface area contributed by atoms with Crippen LogP contribution in [0, 0.1) is 18.6 Å². The molecule has 1 fully saturated rings. The Kier molecular flexibility index (Phi) is 6.01. The van der Waals surface area contributed by atoms with Gasteiger partial charge in [0.1, 0.15) is 11.6 Å². The molecule has 3 aromatic rings. The van der Waals surface area contributed by atoms with Crippen molar-refractivity contribution in [2.24, 2.45) is 0 Å². The number of nitrogens with zero attached hydrogens (tertiary/aromatic N) is 2. The van der Waals surface area contributed by atoms with Crippen LogP contribution in [-0.4, -0.2) is 28.3 Å². The maximum atomic E-state index is 15.2. The lowest BCUT2D eigenvalue weighted by Gasteiger charge is -2.18. The molecule has 1 aliphatic carbocycles. The van der Waals surface area contributed by atoms with Gasteiger partial charge in [0.05, 0.1) is 23.8 Å². The minimum atomic E-state index is -1.00. The van der Waals surface area contributed by atoms with Crippen LogP contribution in [0.5, 0.6) is 0 Å². The van der Waals surface area contributed by atoms with E-state index in [4.69, 9.17) is 4.74 Å². The Morgan fingerprint density at radius 2 is 1.91 bits per heavy atom. The molecule has 1 amide bonds. The van der Waals surface area contributed by atoms with Crippen LogP contribution >= 0.6 is 0 Å². The third-order valence-electron chi connectivity index (χ3n) is 5.91. The van der Waals surface area contributed by atoms with Crippen molar-refractivity contribution in [3.05, 3.63) is 71.1 Å². The van der Waals surface area contributed by atoms with Crippen LogP contribution in [0.3, 0.4) is 0 Å². The number of carbonyl (C=O) groups is 2. The van der Waals surface area contributed by atoms with E-state index in [1.54, 1.807) is 36.9 Å². The lowest BCUT2D eigenvalue weighted by Crippen LogP contribution is -2.29. The molecule has 1 N–H and O–H groups in total. The van der Waals surface area contributed by atoms with E-state index in [0.29, 0.717) is 30.5 Å². The molecule has 6 nitrogen and oxygen atoms in total. The molecule has 8 heteroatoms. The smallest absolute Gasteiger partial charge is 0.338 e. The van der Waals surface area contributed by atoms with Crippen LogP contribution in [0.4, 0.5) is 14.5 Å². The minimum Gasteiger partial charge on any atom is -0.462 e. The molecule has 172 valence electrons. The molecule has 1 aromatic heterocycles. The van der Waals surface area contributed by atoms with E-state index in [1.165, 1.54) is 18.3 Å². The summed E-state index contributed by atoms with van der Waals surface area (Å²) in [5.74, 6) is -2.29. The first-order valence-electron chi connectivity index (χ1n) is 10.9. The summed E-state index contributed by atoms with van der Waals surface area (Å²) >= 11 is 0. The van der Waals surface area contributed by atoms with Gasteiger partial charge in [-0.1, -0.05) is 12.1 Å². The van der Waals surface area contributed by atoms with Gasteiger partial charge >= 0.3 is 5.97 Å². The van der Waals surface area contributed by atoms with Crippen LogP contribution < -0.4 is 5.32 Å². The first kappa shape index (κ1) is 22.6. The van der Waals surface area contributed by atoms with Crippen molar-refractivity contribution >= 4 is 17.6 Å². The third-order valence-corrected chi connectivity index (χ3v) is 5.91. The second-order valence-electron chi connectivity index (χ2n) is 8.21. The Morgan fingerprint density at radius 1 is 1.15 bits per heavy atom. The number of anilines is 1. The van der Waals surface area contributed by atoms with Gasteiger partial charge < -0.3 is 10.1 Å². The van der Waals surface area contributed by atoms with Crippen LogP contribution in [-0.2, 0) is 21.5 Å². The Hall–Kier alpha value is -3.55. The highest BCUT2D eigenvalue weighted by Gasteiger charge is 2.52. The molecule has 0 unspecified atom stereocenters. The second-order valence-corrected chi connectivity index (χ2v) is 8.21. The van der Waals surface area contributed by atoms with E-state index >= 15 is 4.39 Å². The quantitative estimate of drug-likeness (QED) is 0.511. The van der Waals surface area contributed by atoms with E-state index in [1.807, 2.05) is 6.92 Å². The van der Waals surface area contributed by atoms with Gasteiger partial charge in [-0.25, -0.2) is 13.6 Å². The lowest BCUT2D eigenvalue weighted by molar-refractivity contribution is -0.118. The predicted molar refractivity (Wildman–Crippen MR) is 120 cm³/mol. The molecule has 4 rings (SSSR count). The topological polar surface area (TPSA) is 73.2 Å². The van der Waals surface area contributed by atoms with Crippen LogP contribution in [0.15, 0.2) is 42.7 Å². The number of hydrogen-bond donors (Lipinski definition) is 1. The van der Waals surface area contributed by atoms with Crippen molar-refractivity contribution in [1.29, 1.82) is 0 Å². The summed E-state index contributed by atoms with van der Waals surface area (Å²) in [5.41, 5.74) is 0.641. The number of esters is 1. The van der Waals surface area contributed by atoms with Gasteiger partial charge in [-0.15, -0.1) is 0 Å². The molecule has 2 aromatic carbocycles. The molecule has 1 aliphatic rings. The van der Waals surface area contributed by atoms with Gasteiger partial charge in [0.2, 0.25) is 5.91 Å². The SMILES string of the molecule is CCOC(=O)c1cc(NC(=O)C2(c3ccc(C)cc3F)CC2)cc(F)c1-c1cnn(CC)c1. The van der Waals surface area contributed by atoms with Gasteiger partial charge in [-0.3, -0.25) is 9.48 Å². The van der Waals surface area contributed by atoms with Crippen LogP contribution in [0.25, 0.3) is 11.1 Å². The predicted octanol–water partition coefficient (Wildman–Crippen LogP) is 5.00. The number of nitrogens with one attached hydrogen (secondary N) is 1. The van der Waals surface area contributed by atoms with Gasteiger partial charge in [0, 0.05) is 35.1 Å². The molecule has 0 spiro atoms. The number of halogens is 2. The number of carbonyl (C=O) groups excluding carboxylic acids is 2. The monoisotopic (exact) mass is 453 g/mol. The molecule has 1 saturated carbocycles. The molecule has 33 heavy (non-hydrogen) atoms. The lowest BCUT2D eigenvalue weighted by atomic mass is 9.93. The molecule has 1 heterocycles. The fraction of sp³-hybridized carbons (Fsp3) is 0.320. The molecule has 0 aliphatic heterocycles. The number of rotatable bonds is 7. The van der Waals surface area contributed by atoms with Gasteiger partial charge in [0.25, 0.3) is 0 Å². The zero-order chi connectivity index (χ0) is 23.8. The summed E-state index contributed by atoms with van der Waals surface area (Å²) in [5, 5.41) is 6.83. The Labute approximate surface area is 190 Å². The molecule has 0 saturated heterocycles. The Bertz CT molecular complexity index is 1230. The number of ether oxygens (including phenoxy) is 1. The maximum absolute atomic E-state index is 15.2. The average molecular weight is 453 g/mol. The summed E-state index contributed by atoms with van der Waals surface area (Å²) < 4.78 is 36.6. The van der Waals surface area contributed by atoms with Crippen molar-refractivity contribution in [3.8, 4) is 11.1 Å². The number of hydrogen-bond acceptors (Lipinski definition) is 4. The van der Waals surface area contributed by atoms with Crippen molar-refractivity contribution in [2.75, 3.05) is 11.9 Å². The number of amides is 1. The number of benzene rings is 2. The van der Waals surface area contributed by atoms with Crippen LogP contribution in [0.1, 0.15) is 48.2 Å². The Balaban J connectivity index is 1.70. The molecule has 0 bridgehead atoms. The largest absolute Gasteiger partial charge is 0.462 e. The van der Waals surface area contributed by atoms with E-state index in [9.17, 15) is 14.0 Å². The summed E-state index contributed by atoms with van der Waals surface area (Å²) in [4.78, 5) is 25.8. The van der Waals surface area contributed by atoms with E-state index < -0.39 is 28.9 Å². The summed E-state index contributed by atoms with van der Waals surface area (Å²) in [7, 11) is 0. The van der Waals surface area contributed by atoms with Crippen molar-refractivity contribution in [2.45, 2.75) is 45.6 Å². The zero-order valence-electron chi connectivity index (χ0n) is 18.7.